The summed E-state index contributed by atoms with van der Waals surface area (Å²) in [4.78, 5) is 0.165. The summed E-state index contributed by atoms with van der Waals surface area (Å²) in [5, 5.41) is 9.23. The lowest BCUT2D eigenvalue weighted by Gasteiger charge is -2.16. The van der Waals surface area contributed by atoms with E-state index in [1.807, 2.05) is 6.92 Å². The molecule has 4 nitrogen and oxygen atoms in total. The van der Waals surface area contributed by atoms with E-state index in [-0.39, 0.29) is 17.5 Å². The molecule has 0 radical (unpaired) electrons. The maximum atomic E-state index is 12.3. The highest BCUT2D eigenvalue weighted by Crippen LogP contribution is 2.17. The average molecular weight is 299 g/mol. The van der Waals surface area contributed by atoms with Gasteiger partial charge in [0, 0.05) is 6.04 Å². The Morgan fingerprint density at radius 1 is 1.15 bits per heavy atom. The predicted octanol–water partition coefficient (Wildman–Crippen LogP) is 2.67. The zero-order valence-corrected chi connectivity index (χ0v) is 13.3. The molecule has 2 N–H and O–H groups in total. The number of aliphatic hydroxyl groups is 1. The van der Waals surface area contributed by atoms with Gasteiger partial charge in [-0.05, 0) is 30.9 Å². The molecule has 0 spiro atoms. The molecule has 1 aromatic carbocycles. The van der Waals surface area contributed by atoms with Crippen molar-refractivity contribution in [3.05, 3.63) is 29.8 Å². The van der Waals surface area contributed by atoms with Gasteiger partial charge in [-0.3, -0.25) is 0 Å². The zero-order valence-electron chi connectivity index (χ0n) is 12.5. The molecule has 0 aliphatic carbocycles. The number of rotatable bonds is 8. The van der Waals surface area contributed by atoms with Crippen LogP contribution in [0.2, 0.25) is 0 Å². The van der Waals surface area contributed by atoms with E-state index >= 15 is 0 Å². The van der Waals surface area contributed by atoms with Gasteiger partial charge in [0.05, 0.1) is 11.5 Å². The van der Waals surface area contributed by atoms with Gasteiger partial charge in [0.25, 0.3) is 0 Å². The third kappa shape index (κ3) is 5.23. The molecule has 114 valence electrons. The van der Waals surface area contributed by atoms with Gasteiger partial charge < -0.3 is 5.11 Å². The van der Waals surface area contributed by atoms with Gasteiger partial charge in [-0.15, -0.1) is 0 Å². The van der Waals surface area contributed by atoms with Gasteiger partial charge in [0.1, 0.15) is 0 Å². The van der Waals surface area contributed by atoms with Crippen LogP contribution in [-0.4, -0.2) is 19.6 Å². The van der Waals surface area contributed by atoms with Gasteiger partial charge in [-0.1, -0.05) is 44.9 Å². The number of sulfonamides is 1. The van der Waals surface area contributed by atoms with Gasteiger partial charge in [0.2, 0.25) is 10.0 Å². The Morgan fingerprint density at radius 3 is 2.40 bits per heavy atom. The quantitative estimate of drug-likeness (QED) is 0.775. The van der Waals surface area contributed by atoms with Crippen molar-refractivity contribution in [1.82, 2.24) is 4.72 Å². The van der Waals surface area contributed by atoms with Crippen molar-refractivity contribution >= 4 is 10.0 Å². The number of hydrogen-bond donors (Lipinski definition) is 2. The highest BCUT2D eigenvalue weighted by Gasteiger charge is 2.19. The molecule has 0 bridgehead atoms. The van der Waals surface area contributed by atoms with Crippen LogP contribution >= 0.6 is 0 Å². The van der Waals surface area contributed by atoms with Crippen LogP contribution in [0.3, 0.4) is 0 Å². The molecular weight excluding hydrogens is 274 g/mol. The van der Waals surface area contributed by atoms with Crippen LogP contribution < -0.4 is 4.72 Å². The van der Waals surface area contributed by atoms with Crippen molar-refractivity contribution in [3.63, 3.8) is 0 Å². The fraction of sp³-hybridized carbons (Fsp3) is 0.600. The summed E-state index contributed by atoms with van der Waals surface area (Å²) in [5.74, 6) is 0.633. The first-order valence-electron chi connectivity index (χ1n) is 7.08. The van der Waals surface area contributed by atoms with E-state index in [2.05, 4.69) is 18.6 Å². The van der Waals surface area contributed by atoms with Gasteiger partial charge in [-0.2, -0.15) is 0 Å². The maximum Gasteiger partial charge on any atom is 0.241 e. The summed E-state index contributed by atoms with van der Waals surface area (Å²) in [5.41, 5.74) is 0.425. The fourth-order valence-corrected chi connectivity index (χ4v) is 3.63. The topological polar surface area (TPSA) is 66.4 Å². The lowest BCUT2D eigenvalue weighted by Crippen LogP contribution is -2.33. The highest BCUT2D eigenvalue weighted by atomic mass is 32.2. The van der Waals surface area contributed by atoms with Crippen molar-refractivity contribution in [2.75, 3.05) is 0 Å². The molecule has 0 heterocycles. The second kappa shape index (κ2) is 7.76. The second-order valence-corrected chi connectivity index (χ2v) is 7.30. The van der Waals surface area contributed by atoms with Crippen LogP contribution in [0.15, 0.2) is 29.2 Å². The van der Waals surface area contributed by atoms with Crippen LogP contribution in [0.5, 0.6) is 0 Å². The van der Waals surface area contributed by atoms with Crippen LogP contribution in [0, 0.1) is 5.92 Å². The van der Waals surface area contributed by atoms with E-state index in [0.29, 0.717) is 11.5 Å². The molecule has 0 amide bonds. The molecule has 1 atom stereocenters. The molecule has 0 aliphatic heterocycles. The smallest absolute Gasteiger partial charge is 0.241 e. The van der Waals surface area contributed by atoms with E-state index in [1.54, 1.807) is 18.2 Å². The molecule has 0 aliphatic rings. The molecule has 0 fully saturated rings. The normalized spacial score (nSPS) is 13.7. The Balaban J connectivity index is 2.69. The Hall–Kier alpha value is -0.910. The summed E-state index contributed by atoms with van der Waals surface area (Å²) in [6.07, 6.45) is 2.92. The van der Waals surface area contributed by atoms with Crippen LogP contribution in [0.25, 0.3) is 0 Å². The summed E-state index contributed by atoms with van der Waals surface area (Å²) in [6.45, 7) is 5.91. The minimum absolute atomic E-state index is 0.106. The second-order valence-electron chi connectivity index (χ2n) is 5.61. The molecule has 0 saturated carbocycles. The van der Waals surface area contributed by atoms with E-state index in [9.17, 15) is 13.5 Å². The van der Waals surface area contributed by atoms with Crippen molar-refractivity contribution < 1.29 is 13.5 Å². The average Bonchev–Trinajstić information content (AvgIpc) is 2.37. The molecule has 1 rings (SSSR count). The Morgan fingerprint density at radius 2 is 1.80 bits per heavy atom. The zero-order chi connectivity index (χ0) is 15.2. The summed E-state index contributed by atoms with van der Waals surface area (Å²) >= 11 is 0. The van der Waals surface area contributed by atoms with Crippen LogP contribution in [0.1, 0.15) is 45.6 Å². The van der Waals surface area contributed by atoms with E-state index < -0.39 is 10.0 Å². The molecule has 1 aromatic rings. The number of nitrogens with one attached hydrogen (secondary N) is 1. The Bertz CT molecular complexity index is 512. The van der Waals surface area contributed by atoms with Crippen LogP contribution in [-0.2, 0) is 16.6 Å². The Labute approximate surface area is 122 Å². The van der Waals surface area contributed by atoms with Gasteiger partial charge >= 0.3 is 0 Å². The third-order valence-corrected chi connectivity index (χ3v) is 4.90. The lowest BCUT2D eigenvalue weighted by atomic mass is 10.0. The first-order valence-corrected chi connectivity index (χ1v) is 8.56. The Kier molecular flexibility index (Phi) is 6.65. The summed E-state index contributed by atoms with van der Waals surface area (Å²) in [6, 6.07) is 6.42. The van der Waals surface area contributed by atoms with E-state index in [0.717, 1.165) is 19.3 Å². The first kappa shape index (κ1) is 17.1. The molecule has 20 heavy (non-hydrogen) atoms. The number of aliphatic hydroxyl groups excluding tert-OH is 1. The molecule has 0 saturated heterocycles. The molecule has 5 heteroatoms. The van der Waals surface area contributed by atoms with E-state index in [1.165, 1.54) is 6.07 Å². The van der Waals surface area contributed by atoms with Gasteiger partial charge in [-0.25, -0.2) is 13.1 Å². The minimum Gasteiger partial charge on any atom is -0.392 e. The predicted molar refractivity (Wildman–Crippen MR) is 80.8 cm³/mol. The van der Waals surface area contributed by atoms with Gasteiger partial charge in [0.15, 0.2) is 0 Å². The standard InChI is InChI=1S/C15H25NO3S/c1-12(2)7-6-8-13(3)16-20(18,19)15-10-5-4-9-14(15)11-17/h4-5,9-10,12-13,16-17H,6-8,11H2,1-3H3. The van der Waals surface area contributed by atoms with Crippen molar-refractivity contribution in [3.8, 4) is 0 Å². The van der Waals surface area contributed by atoms with Crippen molar-refractivity contribution in [1.29, 1.82) is 0 Å². The van der Waals surface area contributed by atoms with Crippen molar-refractivity contribution in [2.45, 2.75) is 57.6 Å². The molecule has 1 unspecified atom stereocenters. The third-order valence-electron chi connectivity index (χ3n) is 3.21. The molecular formula is C15H25NO3S. The SMILES string of the molecule is CC(C)CCCC(C)NS(=O)(=O)c1ccccc1CO. The van der Waals surface area contributed by atoms with Crippen LogP contribution in [0.4, 0.5) is 0 Å². The largest absolute Gasteiger partial charge is 0.392 e. The molecule has 0 aromatic heterocycles. The van der Waals surface area contributed by atoms with E-state index in [4.69, 9.17) is 0 Å². The highest BCUT2D eigenvalue weighted by molar-refractivity contribution is 7.89. The number of benzene rings is 1. The summed E-state index contributed by atoms with van der Waals surface area (Å²) in [7, 11) is -3.56. The summed E-state index contributed by atoms with van der Waals surface area (Å²) < 4.78 is 27.3. The number of hydrogen-bond acceptors (Lipinski definition) is 3. The minimum atomic E-state index is -3.56. The monoisotopic (exact) mass is 299 g/mol. The lowest BCUT2D eigenvalue weighted by molar-refractivity contribution is 0.278. The fourth-order valence-electron chi connectivity index (χ4n) is 2.12. The maximum absolute atomic E-state index is 12.3. The first-order chi connectivity index (χ1) is 9.36. The van der Waals surface area contributed by atoms with Crippen molar-refractivity contribution in [2.24, 2.45) is 5.92 Å².